The number of nitrogens with one attached hydrogen (secondary N) is 1. The molecule has 4 heteroatoms. The standard InChI is InChI=1S/C15H14Cl2FN/c1-10(11-3-6-14(18)7-4-11)19-9-12-2-5-13(16)8-15(12)17/h2-8,10,19H,9H2,1H3. The summed E-state index contributed by atoms with van der Waals surface area (Å²) < 4.78 is 12.8. The maximum atomic E-state index is 12.8. The Morgan fingerprint density at radius 2 is 1.79 bits per heavy atom. The molecule has 0 amide bonds. The number of benzene rings is 2. The van der Waals surface area contributed by atoms with E-state index in [0.717, 1.165) is 11.1 Å². The largest absolute Gasteiger partial charge is 0.306 e. The van der Waals surface area contributed by atoms with Crippen LogP contribution < -0.4 is 5.32 Å². The van der Waals surface area contributed by atoms with Gasteiger partial charge < -0.3 is 5.32 Å². The normalized spacial score (nSPS) is 12.4. The highest BCUT2D eigenvalue weighted by molar-refractivity contribution is 6.35. The number of hydrogen-bond acceptors (Lipinski definition) is 1. The van der Waals surface area contributed by atoms with Gasteiger partial charge in [-0.1, -0.05) is 41.4 Å². The van der Waals surface area contributed by atoms with Crippen molar-refractivity contribution in [3.8, 4) is 0 Å². The summed E-state index contributed by atoms with van der Waals surface area (Å²) in [6.45, 7) is 2.66. The Morgan fingerprint density at radius 3 is 2.42 bits per heavy atom. The van der Waals surface area contributed by atoms with Crippen LogP contribution >= 0.6 is 23.2 Å². The van der Waals surface area contributed by atoms with Crippen molar-refractivity contribution in [3.63, 3.8) is 0 Å². The molecule has 2 rings (SSSR count). The second-order valence-corrected chi connectivity index (χ2v) is 5.23. The Balaban J connectivity index is 2.00. The Morgan fingerprint density at radius 1 is 1.11 bits per heavy atom. The van der Waals surface area contributed by atoms with Crippen LogP contribution in [0.5, 0.6) is 0 Å². The molecule has 0 saturated carbocycles. The summed E-state index contributed by atoms with van der Waals surface area (Å²) in [5.74, 6) is -0.225. The van der Waals surface area contributed by atoms with E-state index in [2.05, 4.69) is 5.32 Å². The summed E-state index contributed by atoms with van der Waals surface area (Å²) in [7, 11) is 0. The zero-order chi connectivity index (χ0) is 13.8. The van der Waals surface area contributed by atoms with Gasteiger partial charge in [-0.3, -0.25) is 0 Å². The molecule has 0 heterocycles. The molecule has 1 nitrogen and oxygen atoms in total. The lowest BCUT2D eigenvalue weighted by Crippen LogP contribution is -2.18. The molecule has 0 saturated heterocycles. The van der Waals surface area contributed by atoms with Gasteiger partial charge in [0.2, 0.25) is 0 Å². The van der Waals surface area contributed by atoms with Crippen LogP contribution in [0, 0.1) is 5.82 Å². The number of rotatable bonds is 4. The molecule has 2 aromatic rings. The summed E-state index contributed by atoms with van der Waals surface area (Å²) in [6, 6.07) is 12.0. The minimum atomic E-state index is -0.225. The Bertz CT molecular complexity index is 555. The fourth-order valence-electron chi connectivity index (χ4n) is 1.80. The lowest BCUT2D eigenvalue weighted by atomic mass is 10.1. The maximum absolute atomic E-state index is 12.8. The van der Waals surface area contributed by atoms with Crippen molar-refractivity contribution in [1.82, 2.24) is 5.32 Å². The fourth-order valence-corrected chi connectivity index (χ4v) is 2.27. The van der Waals surface area contributed by atoms with Crippen LogP contribution in [0.4, 0.5) is 4.39 Å². The topological polar surface area (TPSA) is 12.0 Å². The van der Waals surface area contributed by atoms with Gasteiger partial charge >= 0.3 is 0 Å². The molecule has 19 heavy (non-hydrogen) atoms. The highest BCUT2D eigenvalue weighted by Gasteiger charge is 2.07. The molecule has 2 aromatic carbocycles. The molecular weight excluding hydrogens is 284 g/mol. The third kappa shape index (κ3) is 3.93. The van der Waals surface area contributed by atoms with Crippen molar-refractivity contribution in [2.24, 2.45) is 0 Å². The fraction of sp³-hybridized carbons (Fsp3) is 0.200. The molecule has 0 aliphatic carbocycles. The van der Waals surface area contributed by atoms with Gasteiger partial charge in [-0.15, -0.1) is 0 Å². The van der Waals surface area contributed by atoms with E-state index in [1.54, 1.807) is 18.2 Å². The molecule has 0 aliphatic heterocycles. The second kappa shape index (κ2) is 6.38. The smallest absolute Gasteiger partial charge is 0.123 e. The maximum Gasteiger partial charge on any atom is 0.123 e. The lowest BCUT2D eigenvalue weighted by Gasteiger charge is -2.15. The molecule has 0 spiro atoms. The SMILES string of the molecule is CC(NCc1ccc(Cl)cc1Cl)c1ccc(F)cc1. The quantitative estimate of drug-likeness (QED) is 0.839. The second-order valence-electron chi connectivity index (χ2n) is 4.39. The van der Waals surface area contributed by atoms with Crippen LogP contribution in [-0.2, 0) is 6.54 Å². The Hall–Kier alpha value is -1.09. The van der Waals surface area contributed by atoms with Crippen molar-refractivity contribution in [3.05, 3.63) is 69.5 Å². The molecule has 1 N–H and O–H groups in total. The van der Waals surface area contributed by atoms with Crippen LogP contribution in [-0.4, -0.2) is 0 Å². The summed E-state index contributed by atoms with van der Waals surface area (Å²) in [4.78, 5) is 0. The van der Waals surface area contributed by atoms with Gasteiger partial charge in [0, 0.05) is 22.6 Å². The van der Waals surface area contributed by atoms with Crippen LogP contribution in [0.3, 0.4) is 0 Å². The van der Waals surface area contributed by atoms with E-state index in [1.165, 1.54) is 12.1 Å². The average Bonchev–Trinajstić information content (AvgIpc) is 2.38. The molecule has 0 aromatic heterocycles. The summed E-state index contributed by atoms with van der Waals surface area (Å²) >= 11 is 12.0. The van der Waals surface area contributed by atoms with E-state index in [-0.39, 0.29) is 11.9 Å². The van der Waals surface area contributed by atoms with Crippen molar-refractivity contribution in [2.45, 2.75) is 19.5 Å². The van der Waals surface area contributed by atoms with Gasteiger partial charge in [-0.05, 0) is 42.3 Å². The first-order valence-electron chi connectivity index (χ1n) is 5.99. The minimum absolute atomic E-state index is 0.118. The molecule has 1 unspecified atom stereocenters. The predicted octanol–water partition coefficient (Wildman–Crippen LogP) is 4.98. The monoisotopic (exact) mass is 297 g/mol. The van der Waals surface area contributed by atoms with E-state index in [1.807, 2.05) is 19.1 Å². The minimum Gasteiger partial charge on any atom is -0.306 e. The van der Waals surface area contributed by atoms with Gasteiger partial charge in [-0.25, -0.2) is 4.39 Å². The summed E-state index contributed by atoms with van der Waals surface area (Å²) in [5, 5.41) is 4.62. The van der Waals surface area contributed by atoms with Crippen LogP contribution in [0.15, 0.2) is 42.5 Å². The first-order valence-corrected chi connectivity index (χ1v) is 6.74. The number of halogens is 3. The first kappa shape index (κ1) is 14.3. The molecule has 0 aliphatic rings. The zero-order valence-corrected chi connectivity index (χ0v) is 12.0. The average molecular weight is 298 g/mol. The Labute approximate surface area is 122 Å². The first-order chi connectivity index (χ1) is 9.06. The molecule has 1 atom stereocenters. The lowest BCUT2D eigenvalue weighted by molar-refractivity contribution is 0.571. The summed E-state index contributed by atoms with van der Waals surface area (Å²) in [5.41, 5.74) is 2.02. The molecule has 100 valence electrons. The van der Waals surface area contributed by atoms with Gasteiger partial charge in [-0.2, -0.15) is 0 Å². The van der Waals surface area contributed by atoms with E-state index < -0.39 is 0 Å². The summed E-state index contributed by atoms with van der Waals surface area (Å²) in [6.07, 6.45) is 0. The molecule has 0 fully saturated rings. The Kier molecular flexibility index (Phi) is 4.81. The zero-order valence-electron chi connectivity index (χ0n) is 10.5. The van der Waals surface area contributed by atoms with E-state index in [9.17, 15) is 4.39 Å². The highest BCUT2D eigenvalue weighted by atomic mass is 35.5. The third-order valence-corrected chi connectivity index (χ3v) is 3.57. The molecule has 0 bridgehead atoms. The van der Waals surface area contributed by atoms with Crippen LogP contribution in [0.2, 0.25) is 10.0 Å². The van der Waals surface area contributed by atoms with Crippen molar-refractivity contribution >= 4 is 23.2 Å². The molecule has 0 radical (unpaired) electrons. The van der Waals surface area contributed by atoms with Gasteiger partial charge in [0.25, 0.3) is 0 Å². The van der Waals surface area contributed by atoms with Crippen molar-refractivity contribution < 1.29 is 4.39 Å². The van der Waals surface area contributed by atoms with Crippen LogP contribution in [0.1, 0.15) is 24.1 Å². The third-order valence-electron chi connectivity index (χ3n) is 2.98. The van der Waals surface area contributed by atoms with E-state index in [0.29, 0.717) is 16.6 Å². The van der Waals surface area contributed by atoms with Crippen molar-refractivity contribution in [1.29, 1.82) is 0 Å². The van der Waals surface area contributed by atoms with E-state index in [4.69, 9.17) is 23.2 Å². The van der Waals surface area contributed by atoms with Gasteiger partial charge in [0.05, 0.1) is 0 Å². The highest BCUT2D eigenvalue weighted by Crippen LogP contribution is 2.22. The van der Waals surface area contributed by atoms with E-state index >= 15 is 0 Å². The van der Waals surface area contributed by atoms with Crippen molar-refractivity contribution in [2.75, 3.05) is 0 Å². The van der Waals surface area contributed by atoms with Gasteiger partial charge in [0.15, 0.2) is 0 Å². The number of hydrogen-bond donors (Lipinski definition) is 1. The van der Waals surface area contributed by atoms with Gasteiger partial charge in [0.1, 0.15) is 5.82 Å². The molecular formula is C15H14Cl2FN. The van der Waals surface area contributed by atoms with Crippen LogP contribution in [0.25, 0.3) is 0 Å². The predicted molar refractivity (Wildman–Crippen MR) is 78.1 cm³/mol.